The number of rotatable bonds is 7. The number of hydrogen-bond donors (Lipinski definition) is 2. The van der Waals surface area contributed by atoms with E-state index in [4.69, 9.17) is 9.94 Å². The van der Waals surface area contributed by atoms with Crippen LogP contribution in [0.4, 0.5) is 0 Å². The second kappa shape index (κ2) is 8.19. The van der Waals surface area contributed by atoms with Crippen molar-refractivity contribution in [1.29, 1.82) is 0 Å². The van der Waals surface area contributed by atoms with Gasteiger partial charge in [0.15, 0.2) is 6.61 Å². The van der Waals surface area contributed by atoms with Gasteiger partial charge in [-0.2, -0.15) is 0 Å². The van der Waals surface area contributed by atoms with Gasteiger partial charge in [-0.15, -0.1) is 0 Å². The third-order valence-electron chi connectivity index (χ3n) is 3.03. The van der Waals surface area contributed by atoms with Gasteiger partial charge in [0.25, 0.3) is 5.91 Å². The normalized spacial score (nSPS) is 12.8. The van der Waals surface area contributed by atoms with Crippen molar-refractivity contribution in [2.75, 3.05) is 6.61 Å². The van der Waals surface area contributed by atoms with E-state index in [9.17, 15) is 4.79 Å². The highest BCUT2D eigenvalue weighted by Crippen LogP contribution is 2.20. The molecule has 1 rings (SSSR count). The van der Waals surface area contributed by atoms with Crippen LogP contribution in [0.3, 0.4) is 0 Å². The summed E-state index contributed by atoms with van der Waals surface area (Å²) in [5, 5.41) is 15.1. The highest BCUT2D eigenvalue weighted by atomic mass is 16.5. The van der Waals surface area contributed by atoms with E-state index in [0.717, 1.165) is 6.42 Å². The molecule has 0 aromatic heterocycles. The molecular formula is C15H22N2O3. The van der Waals surface area contributed by atoms with Crippen molar-refractivity contribution >= 4 is 11.6 Å². The first-order valence-electron chi connectivity index (χ1n) is 6.84. The summed E-state index contributed by atoms with van der Waals surface area (Å²) in [5.74, 6) is 0.384. The molecule has 0 fully saturated rings. The molecule has 0 aliphatic heterocycles. The summed E-state index contributed by atoms with van der Waals surface area (Å²) in [6.07, 6.45) is 1.45. The minimum atomic E-state index is -0.159. The molecule has 1 unspecified atom stereocenters. The lowest BCUT2D eigenvalue weighted by Crippen LogP contribution is -2.35. The number of carbonyl (C=O) groups excluding carboxylic acids is 1. The van der Waals surface area contributed by atoms with Gasteiger partial charge >= 0.3 is 0 Å². The molecule has 0 saturated heterocycles. The lowest BCUT2D eigenvalue weighted by atomic mass is 10.1. The van der Waals surface area contributed by atoms with Crippen molar-refractivity contribution in [3.8, 4) is 5.75 Å². The molecule has 0 bridgehead atoms. The molecule has 1 aromatic rings. The highest BCUT2D eigenvalue weighted by molar-refractivity contribution is 6.02. The van der Waals surface area contributed by atoms with Crippen LogP contribution in [0.2, 0.25) is 0 Å². The van der Waals surface area contributed by atoms with E-state index in [2.05, 4.69) is 10.5 Å². The second-order valence-electron chi connectivity index (χ2n) is 4.56. The van der Waals surface area contributed by atoms with Crippen molar-refractivity contribution < 1.29 is 14.7 Å². The summed E-state index contributed by atoms with van der Waals surface area (Å²) in [6, 6.07) is 7.34. The van der Waals surface area contributed by atoms with Crippen LogP contribution in [0.15, 0.2) is 29.4 Å². The number of oxime groups is 1. The van der Waals surface area contributed by atoms with Crippen molar-refractivity contribution in [1.82, 2.24) is 5.32 Å². The van der Waals surface area contributed by atoms with E-state index < -0.39 is 0 Å². The predicted octanol–water partition coefficient (Wildman–Crippen LogP) is 2.57. The van der Waals surface area contributed by atoms with Crippen molar-refractivity contribution in [2.24, 2.45) is 5.16 Å². The van der Waals surface area contributed by atoms with Gasteiger partial charge in [-0.1, -0.05) is 31.1 Å². The topological polar surface area (TPSA) is 70.9 Å². The van der Waals surface area contributed by atoms with Gasteiger partial charge in [-0.3, -0.25) is 4.79 Å². The molecular weight excluding hydrogens is 256 g/mol. The molecule has 0 aliphatic carbocycles. The summed E-state index contributed by atoms with van der Waals surface area (Å²) < 4.78 is 5.52. The van der Waals surface area contributed by atoms with Crippen LogP contribution in [0.1, 0.15) is 39.2 Å². The Balaban J connectivity index is 2.71. The smallest absolute Gasteiger partial charge is 0.258 e. The van der Waals surface area contributed by atoms with E-state index in [1.54, 1.807) is 12.1 Å². The molecule has 2 N–H and O–H groups in total. The number of carbonyl (C=O) groups is 1. The minimum Gasteiger partial charge on any atom is -0.483 e. The van der Waals surface area contributed by atoms with Gasteiger partial charge in [0, 0.05) is 11.6 Å². The van der Waals surface area contributed by atoms with Gasteiger partial charge < -0.3 is 15.3 Å². The Labute approximate surface area is 119 Å². The van der Waals surface area contributed by atoms with Crippen LogP contribution >= 0.6 is 0 Å². The largest absolute Gasteiger partial charge is 0.483 e. The SMILES string of the molecule is CC/C(=N\O)c1ccccc1OCC(=O)NC(C)CC. The first kappa shape index (κ1) is 16.0. The summed E-state index contributed by atoms with van der Waals surface area (Å²) in [6.45, 7) is 5.79. The molecule has 0 spiro atoms. The van der Waals surface area contributed by atoms with Crippen LogP contribution in [0, 0.1) is 0 Å². The molecule has 5 heteroatoms. The minimum absolute atomic E-state index is 0.0518. The average molecular weight is 278 g/mol. The Morgan fingerprint density at radius 1 is 1.40 bits per heavy atom. The zero-order valence-corrected chi connectivity index (χ0v) is 12.2. The third kappa shape index (κ3) is 4.57. The van der Waals surface area contributed by atoms with Crippen LogP contribution in [0.25, 0.3) is 0 Å². The highest BCUT2D eigenvalue weighted by Gasteiger charge is 2.11. The van der Waals surface area contributed by atoms with Crippen LogP contribution in [-0.2, 0) is 4.79 Å². The number of amides is 1. The molecule has 20 heavy (non-hydrogen) atoms. The number of nitrogens with one attached hydrogen (secondary N) is 1. The Kier molecular flexibility index (Phi) is 6.56. The van der Waals surface area contributed by atoms with Crippen LogP contribution in [-0.4, -0.2) is 29.5 Å². The summed E-state index contributed by atoms with van der Waals surface area (Å²) in [4.78, 5) is 11.7. The molecule has 0 heterocycles. The van der Waals surface area contributed by atoms with Crippen LogP contribution in [0.5, 0.6) is 5.75 Å². The molecule has 0 aliphatic rings. The quantitative estimate of drug-likeness (QED) is 0.457. The third-order valence-corrected chi connectivity index (χ3v) is 3.03. The molecule has 0 radical (unpaired) electrons. The Hall–Kier alpha value is -2.04. The molecule has 5 nitrogen and oxygen atoms in total. The van der Waals surface area contributed by atoms with E-state index in [0.29, 0.717) is 23.4 Å². The monoisotopic (exact) mass is 278 g/mol. The maximum Gasteiger partial charge on any atom is 0.258 e. The Morgan fingerprint density at radius 2 is 2.10 bits per heavy atom. The van der Waals surface area contributed by atoms with Gasteiger partial charge in [0.2, 0.25) is 0 Å². The van der Waals surface area contributed by atoms with Gasteiger partial charge in [-0.05, 0) is 31.9 Å². The van der Waals surface area contributed by atoms with E-state index >= 15 is 0 Å². The van der Waals surface area contributed by atoms with Crippen molar-refractivity contribution in [2.45, 2.75) is 39.7 Å². The number of nitrogens with zero attached hydrogens (tertiary/aromatic N) is 1. The Bertz CT molecular complexity index is 472. The molecule has 0 saturated carbocycles. The zero-order valence-electron chi connectivity index (χ0n) is 12.2. The fourth-order valence-electron chi connectivity index (χ4n) is 1.71. The van der Waals surface area contributed by atoms with Crippen LogP contribution < -0.4 is 10.1 Å². The average Bonchev–Trinajstić information content (AvgIpc) is 2.47. The van der Waals surface area contributed by atoms with Crippen molar-refractivity contribution in [3.05, 3.63) is 29.8 Å². The molecule has 110 valence electrons. The number of para-hydroxylation sites is 1. The molecule has 1 amide bonds. The van der Waals surface area contributed by atoms with E-state index in [1.807, 2.05) is 32.9 Å². The summed E-state index contributed by atoms with van der Waals surface area (Å²) in [7, 11) is 0. The maximum absolute atomic E-state index is 11.7. The lowest BCUT2D eigenvalue weighted by Gasteiger charge is -2.14. The molecule has 1 atom stereocenters. The fourth-order valence-corrected chi connectivity index (χ4v) is 1.71. The van der Waals surface area contributed by atoms with Gasteiger partial charge in [0.1, 0.15) is 5.75 Å². The maximum atomic E-state index is 11.7. The number of hydrogen-bond acceptors (Lipinski definition) is 4. The van der Waals surface area contributed by atoms with Crippen molar-refractivity contribution in [3.63, 3.8) is 0 Å². The number of ether oxygens (including phenoxy) is 1. The molecule has 1 aromatic carbocycles. The summed E-state index contributed by atoms with van der Waals surface area (Å²) in [5.41, 5.74) is 1.23. The van der Waals surface area contributed by atoms with E-state index in [-0.39, 0.29) is 18.6 Å². The standard InChI is InChI=1S/C15H22N2O3/c1-4-11(3)16-15(18)10-20-14-9-7-6-8-12(14)13(5-2)17-19/h6-9,11,19H,4-5,10H2,1-3H3,(H,16,18)/b17-13+. The predicted molar refractivity (Wildman–Crippen MR) is 78.4 cm³/mol. The fraction of sp³-hybridized carbons (Fsp3) is 0.467. The second-order valence-corrected chi connectivity index (χ2v) is 4.56. The van der Waals surface area contributed by atoms with Gasteiger partial charge in [-0.25, -0.2) is 0 Å². The number of benzene rings is 1. The Morgan fingerprint density at radius 3 is 2.70 bits per heavy atom. The van der Waals surface area contributed by atoms with Gasteiger partial charge in [0.05, 0.1) is 5.71 Å². The summed E-state index contributed by atoms with van der Waals surface area (Å²) >= 11 is 0. The first-order valence-corrected chi connectivity index (χ1v) is 6.84. The first-order chi connectivity index (χ1) is 9.62. The zero-order chi connectivity index (χ0) is 15.0. The lowest BCUT2D eigenvalue weighted by molar-refractivity contribution is -0.123. The van der Waals surface area contributed by atoms with E-state index in [1.165, 1.54) is 0 Å².